The topological polar surface area (TPSA) is 64.9 Å². The van der Waals surface area contributed by atoms with Gasteiger partial charge in [-0.2, -0.15) is 4.98 Å². The van der Waals surface area contributed by atoms with Gasteiger partial charge in [-0.25, -0.2) is 0 Å². The monoisotopic (exact) mass is 237 g/mol. The summed E-state index contributed by atoms with van der Waals surface area (Å²) in [5.74, 6) is 2.61. The van der Waals surface area contributed by atoms with E-state index in [4.69, 9.17) is 10.3 Å². The minimum Gasteiger partial charge on any atom is -0.339 e. The lowest BCUT2D eigenvalue weighted by Gasteiger charge is -2.07. The molecule has 4 heteroatoms. The molecular weight excluding hydrogens is 214 g/mol. The summed E-state index contributed by atoms with van der Waals surface area (Å²) in [7, 11) is 0. The number of nitrogens with two attached hydrogens (primary N) is 1. The Labute approximate surface area is 103 Å². The standard InChI is InChI=1S/C13H23N3O/c1-10(9-14)8-12-15-13(16-17-12)11-6-4-2-3-5-7-11/h10-11H,2-9,14H2,1H3. The number of aromatic nitrogens is 2. The molecule has 0 spiro atoms. The van der Waals surface area contributed by atoms with Crippen molar-refractivity contribution < 1.29 is 4.52 Å². The molecule has 1 saturated carbocycles. The molecule has 4 nitrogen and oxygen atoms in total. The summed E-state index contributed by atoms with van der Waals surface area (Å²) in [6.07, 6.45) is 8.53. The second-order valence-corrected chi connectivity index (χ2v) is 5.28. The Morgan fingerprint density at radius 1 is 1.29 bits per heavy atom. The summed E-state index contributed by atoms with van der Waals surface area (Å²) in [4.78, 5) is 4.53. The fourth-order valence-electron chi connectivity index (χ4n) is 2.44. The number of nitrogens with zero attached hydrogens (tertiary/aromatic N) is 2. The second kappa shape index (κ2) is 6.15. The lowest BCUT2D eigenvalue weighted by Crippen LogP contribution is -2.13. The maximum atomic E-state index is 5.60. The van der Waals surface area contributed by atoms with E-state index in [1.807, 2.05) is 0 Å². The maximum absolute atomic E-state index is 5.60. The fraction of sp³-hybridized carbons (Fsp3) is 0.846. The molecule has 1 fully saturated rings. The summed E-state index contributed by atoms with van der Waals surface area (Å²) in [5, 5.41) is 4.14. The van der Waals surface area contributed by atoms with Gasteiger partial charge in [-0.1, -0.05) is 37.8 Å². The van der Waals surface area contributed by atoms with Crippen molar-refractivity contribution in [1.29, 1.82) is 0 Å². The van der Waals surface area contributed by atoms with Gasteiger partial charge in [-0.3, -0.25) is 0 Å². The minimum atomic E-state index is 0.414. The van der Waals surface area contributed by atoms with Gasteiger partial charge in [0.05, 0.1) is 0 Å². The molecule has 1 unspecified atom stereocenters. The third-order valence-electron chi connectivity index (χ3n) is 3.63. The van der Waals surface area contributed by atoms with Crippen molar-refractivity contribution in [2.75, 3.05) is 6.54 Å². The third kappa shape index (κ3) is 3.53. The molecular formula is C13H23N3O. The number of rotatable bonds is 4. The van der Waals surface area contributed by atoms with E-state index in [1.54, 1.807) is 0 Å². The smallest absolute Gasteiger partial charge is 0.226 e. The SMILES string of the molecule is CC(CN)Cc1nc(C2CCCCCC2)no1. The molecule has 2 N–H and O–H groups in total. The Bertz CT molecular complexity index is 329. The number of hydrogen-bond donors (Lipinski definition) is 1. The van der Waals surface area contributed by atoms with Crippen LogP contribution in [0.25, 0.3) is 0 Å². The second-order valence-electron chi connectivity index (χ2n) is 5.28. The summed E-state index contributed by atoms with van der Waals surface area (Å²) in [6.45, 7) is 2.77. The molecule has 0 radical (unpaired) electrons. The van der Waals surface area contributed by atoms with Crippen LogP contribution in [0.4, 0.5) is 0 Å². The van der Waals surface area contributed by atoms with Crippen LogP contribution in [0.1, 0.15) is 63.1 Å². The molecule has 1 aliphatic rings. The van der Waals surface area contributed by atoms with Crippen molar-refractivity contribution in [2.45, 2.75) is 57.8 Å². The normalized spacial score (nSPS) is 20.1. The van der Waals surface area contributed by atoms with Gasteiger partial charge in [0, 0.05) is 12.3 Å². The molecule has 0 amide bonds. The van der Waals surface area contributed by atoms with Gasteiger partial charge < -0.3 is 10.3 Å². The molecule has 1 heterocycles. The first-order chi connectivity index (χ1) is 8.29. The molecule has 2 rings (SSSR count). The highest BCUT2D eigenvalue weighted by molar-refractivity contribution is 4.96. The Hall–Kier alpha value is -0.900. The molecule has 0 bridgehead atoms. The van der Waals surface area contributed by atoms with E-state index in [2.05, 4.69) is 17.1 Å². The van der Waals surface area contributed by atoms with Crippen LogP contribution in [-0.4, -0.2) is 16.7 Å². The quantitative estimate of drug-likeness (QED) is 0.818. The van der Waals surface area contributed by atoms with Crippen molar-refractivity contribution in [2.24, 2.45) is 11.7 Å². The Morgan fingerprint density at radius 2 is 2.00 bits per heavy atom. The molecule has 1 aromatic heterocycles. The Morgan fingerprint density at radius 3 is 2.65 bits per heavy atom. The Balaban J connectivity index is 1.96. The van der Waals surface area contributed by atoms with Gasteiger partial charge in [-0.15, -0.1) is 0 Å². The van der Waals surface area contributed by atoms with Crippen molar-refractivity contribution in [3.05, 3.63) is 11.7 Å². The average Bonchev–Trinajstić information content (AvgIpc) is 2.63. The summed E-state index contributed by atoms with van der Waals surface area (Å²) < 4.78 is 5.31. The van der Waals surface area contributed by atoms with Crippen LogP contribution in [0.2, 0.25) is 0 Å². The highest BCUT2D eigenvalue weighted by Crippen LogP contribution is 2.29. The highest BCUT2D eigenvalue weighted by Gasteiger charge is 2.20. The van der Waals surface area contributed by atoms with Gasteiger partial charge in [-0.05, 0) is 25.3 Å². The van der Waals surface area contributed by atoms with Gasteiger partial charge in [0.2, 0.25) is 5.89 Å². The first kappa shape index (κ1) is 12.6. The Kier molecular flexibility index (Phi) is 4.54. The van der Waals surface area contributed by atoms with Crippen LogP contribution < -0.4 is 5.73 Å². The molecule has 0 aromatic carbocycles. The molecule has 1 aliphatic carbocycles. The van der Waals surface area contributed by atoms with Gasteiger partial charge in [0.15, 0.2) is 5.82 Å². The van der Waals surface area contributed by atoms with E-state index in [9.17, 15) is 0 Å². The van der Waals surface area contributed by atoms with E-state index in [0.29, 0.717) is 18.4 Å². The summed E-state index contributed by atoms with van der Waals surface area (Å²) in [6, 6.07) is 0. The van der Waals surface area contributed by atoms with Crippen LogP contribution in [0.3, 0.4) is 0 Å². The summed E-state index contributed by atoms with van der Waals surface area (Å²) >= 11 is 0. The van der Waals surface area contributed by atoms with Crippen LogP contribution in [0.5, 0.6) is 0 Å². The predicted octanol–water partition coefficient (Wildman–Crippen LogP) is 2.64. The third-order valence-corrected chi connectivity index (χ3v) is 3.63. The lowest BCUT2D eigenvalue weighted by molar-refractivity contribution is 0.351. The van der Waals surface area contributed by atoms with Crippen LogP contribution >= 0.6 is 0 Å². The van der Waals surface area contributed by atoms with Gasteiger partial charge in [0.1, 0.15) is 0 Å². The van der Waals surface area contributed by atoms with Crippen LogP contribution in [0, 0.1) is 5.92 Å². The van der Waals surface area contributed by atoms with Crippen molar-refractivity contribution in [1.82, 2.24) is 10.1 Å². The molecule has 96 valence electrons. The van der Waals surface area contributed by atoms with E-state index >= 15 is 0 Å². The van der Waals surface area contributed by atoms with Gasteiger partial charge >= 0.3 is 0 Å². The number of hydrogen-bond acceptors (Lipinski definition) is 4. The molecule has 0 aliphatic heterocycles. The zero-order chi connectivity index (χ0) is 12.1. The van der Waals surface area contributed by atoms with Crippen molar-refractivity contribution >= 4 is 0 Å². The maximum Gasteiger partial charge on any atom is 0.226 e. The van der Waals surface area contributed by atoms with Crippen LogP contribution in [0.15, 0.2) is 4.52 Å². The van der Waals surface area contributed by atoms with Gasteiger partial charge in [0.25, 0.3) is 0 Å². The minimum absolute atomic E-state index is 0.414. The molecule has 1 aromatic rings. The highest BCUT2D eigenvalue weighted by atomic mass is 16.5. The van der Waals surface area contributed by atoms with E-state index < -0.39 is 0 Å². The summed E-state index contributed by atoms with van der Waals surface area (Å²) in [5.41, 5.74) is 5.60. The first-order valence-electron chi connectivity index (χ1n) is 6.82. The lowest BCUT2D eigenvalue weighted by atomic mass is 10.00. The zero-order valence-electron chi connectivity index (χ0n) is 10.7. The molecule has 1 atom stereocenters. The molecule has 17 heavy (non-hydrogen) atoms. The van der Waals surface area contributed by atoms with Crippen LogP contribution in [-0.2, 0) is 6.42 Å². The van der Waals surface area contributed by atoms with Crippen molar-refractivity contribution in [3.63, 3.8) is 0 Å². The van der Waals surface area contributed by atoms with E-state index in [-0.39, 0.29) is 0 Å². The van der Waals surface area contributed by atoms with E-state index in [1.165, 1.54) is 38.5 Å². The van der Waals surface area contributed by atoms with Crippen molar-refractivity contribution in [3.8, 4) is 0 Å². The molecule has 0 saturated heterocycles. The zero-order valence-corrected chi connectivity index (χ0v) is 10.7. The average molecular weight is 237 g/mol. The van der Waals surface area contributed by atoms with E-state index in [0.717, 1.165) is 18.1 Å². The first-order valence-corrected chi connectivity index (χ1v) is 6.82. The largest absolute Gasteiger partial charge is 0.339 e. The predicted molar refractivity (Wildman–Crippen MR) is 66.7 cm³/mol. The fourth-order valence-corrected chi connectivity index (χ4v) is 2.44.